The van der Waals surface area contributed by atoms with Crippen molar-refractivity contribution in [3.8, 4) is 11.5 Å². The summed E-state index contributed by atoms with van der Waals surface area (Å²) in [6.07, 6.45) is 2.44. The molecule has 1 fully saturated rings. The maximum Gasteiger partial charge on any atom is 0.127 e. The number of methoxy groups -OCH3 is 2. The van der Waals surface area contributed by atoms with E-state index in [1.54, 1.807) is 14.2 Å². The Hall–Kier alpha value is -1.26. The lowest BCUT2D eigenvalue weighted by molar-refractivity contribution is 0.0780. The quantitative estimate of drug-likeness (QED) is 0.869. The highest BCUT2D eigenvalue weighted by molar-refractivity contribution is 5.43. The van der Waals surface area contributed by atoms with Crippen molar-refractivity contribution in [2.24, 2.45) is 5.92 Å². The molecule has 1 aromatic rings. The van der Waals surface area contributed by atoms with Crippen LogP contribution in [0.5, 0.6) is 11.5 Å². The number of hydrogen-bond acceptors (Lipinski definition) is 4. The topological polar surface area (TPSA) is 39.7 Å². The third-order valence-corrected chi connectivity index (χ3v) is 4.18. The predicted molar refractivity (Wildman–Crippen MR) is 79.5 cm³/mol. The highest BCUT2D eigenvalue weighted by Gasteiger charge is 2.35. The molecule has 0 spiro atoms. The van der Waals surface area contributed by atoms with Crippen LogP contribution in [-0.2, 0) is 4.74 Å². The van der Waals surface area contributed by atoms with Crippen LogP contribution >= 0.6 is 0 Å². The van der Waals surface area contributed by atoms with Gasteiger partial charge in [-0.15, -0.1) is 0 Å². The first-order chi connectivity index (χ1) is 9.74. The smallest absolute Gasteiger partial charge is 0.127 e. The van der Waals surface area contributed by atoms with Gasteiger partial charge in [0, 0.05) is 30.2 Å². The second kappa shape index (κ2) is 6.95. The summed E-state index contributed by atoms with van der Waals surface area (Å²) < 4.78 is 16.6. The number of hydrogen-bond donors (Lipinski definition) is 1. The summed E-state index contributed by atoms with van der Waals surface area (Å²) in [5, 5.41) is 3.44. The van der Waals surface area contributed by atoms with E-state index in [1.165, 1.54) is 5.56 Å². The lowest BCUT2D eigenvalue weighted by Gasteiger charge is -2.28. The maximum absolute atomic E-state index is 5.83. The van der Waals surface area contributed by atoms with Gasteiger partial charge in [-0.05, 0) is 26.0 Å². The molecule has 1 N–H and O–H groups in total. The van der Waals surface area contributed by atoms with E-state index in [2.05, 4.69) is 18.3 Å². The molecule has 0 aromatic heterocycles. The normalized spacial score (nSPS) is 23.6. The Labute approximate surface area is 121 Å². The molecule has 1 aliphatic heterocycles. The van der Waals surface area contributed by atoms with Crippen LogP contribution in [0.4, 0.5) is 0 Å². The number of benzene rings is 1. The number of ether oxygens (including phenoxy) is 3. The Morgan fingerprint density at radius 2 is 2.15 bits per heavy atom. The second-order valence-corrected chi connectivity index (χ2v) is 5.14. The summed E-state index contributed by atoms with van der Waals surface area (Å²) in [5.41, 5.74) is 1.17. The van der Waals surface area contributed by atoms with Gasteiger partial charge in [0.05, 0.1) is 20.3 Å². The largest absolute Gasteiger partial charge is 0.497 e. The van der Waals surface area contributed by atoms with Crippen molar-refractivity contribution in [3.63, 3.8) is 0 Å². The average molecular weight is 279 g/mol. The maximum atomic E-state index is 5.83. The predicted octanol–water partition coefficient (Wildman–Crippen LogP) is 2.78. The molecular weight excluding hydrogens is 254 g/mol. The summed E-state index contributed by atoms with van der Waals surface area (Å²) in [7, 11) is 5.37. The van der Waals surface area contributed by atoms with Crippen LogP contribution in [0.3, 0.4) is 0 Å². The molecule has 1 heterocycles. The fourth-order valence-electron chi connectivity index (χ4n) is 3.14. The van der Waals surface area contributed by atoms with E-state index in [0.717, 1.165) is 30.9 Å². The molecule has 0 amide bonds. The molecule has 1 aromatic carbocycles. The van der Waals surface area contributed by atoms with E-state index in [-0.39, 0.29) is 6.04 Å². The fourth-order valence-corrected chi connectivity index (χ4v) is 3.14. The summed E-state index contributed by atoms with van der Waals surface area (Å²) >= 11 is 0. The Balaban J connectivity index is 2.31. The monoisotopic (exact) mass is 279 g/mol. The molecule has 2 rings (SSSR count). The fraction of sp³-hybridized carbons (Fsp3) is 0.625. The third-order valence-electron chi connectivity index (χ3n) is 4.18. The van der Waals surface area contributed by atoms with E-state index < -0.39 is 0 Å². The highest BCUT2D eigenvalue weighted by Crippen LogP contribution is 2.39. The molecule has 4 nitrogen and oxygen atoms in total. The van der Waals surface area contributed by atoms with Gasteiger partial charge in [0.2, 0.25) is 0 Å². The first-order valence-electron chi connectivity index (χ1n) is 7.25. The molecule has 3 atom stereocenters. The molecule has 1 aliphatic rings. The number of nitrogens with one attached hydrogen (secondary N) is 1. The molecule has 0 radical (unpaired) electrons. The Bertz CT molecular complexity index is 436. The van der Waals surface area contributed by atoms with Crippen molar-refractivity contribution in [2.75, 3.05) is 27.9 Å². The first-order valence-corrected chi connectivity index (χ1v) is 7.25. The van der Waals surface area contributed by atoms with Crippen molar-refractivity contribution in [3.05, 3.63) is 23.8 Å². The standard InChI is InChI=1S/C16H25NO3/c1-5-14-13(8-9-20-14)16(17-2)12-7-6-11(18-3)10-15(12)19-4/h6-7,10,13-14,16-17H,5,8-9H2,1-4H3. The Morgan fingerprint density at radius 3 is 2.75 bits per heavy atom. The van der Waals surface area contributed by atoms with Crippen LogP contribution in [0.15, 0.2) is 18.2 Å². The van der Waals surface area contributed by atoms with Gasteiger partial charge in [-0.1, -0.05) is 13.0 Å². The molecule has 0 bridgehead atoms. The van der Waals surface area contributed by atoms with E-state index in [1.807, 2.05) is 19.2 Å². The summed E-state index contributed by atoms with van der Waals surface area (Å²) in [4.78, 5) is 0. The van der Waals surface area contributed by atoms with Gasteiger partial charge < -0.3 is 19.5 Å². The van der Waals surface area contributed by atoms with Gasteiger partial charge in [0.25, 0.3) is 0 Å². The minimum atomic E-state index is 0.239. The summed E-state index contributed by atoms with van der Waals surface area (Å²) in [6, 6.07) is 6.25. The summed E-state index contributed by atoms with van der Waals surface area (Å²) in [5.74, 6) is 2.16. The van der Waals surface area contributed by atoms with Crippen LogP contribution < -0.4 is 14.8 Å². The van der Waals surface area contributed by atoms with Crippen molar-refractivity contribution in [1.82, 2.24) is 5.32 Å². The number of rotatable bonds is 6. The molecule has 3 unspecified atom stereocenters. The zero-order valence-electron chi connectivity index (χ0n) is 12.8. The van der Waals surface area contributed by atoms with Crippen molar-refractivity contribution in [1.29, 1.82) is 0 Å². The van der Waals surface area contributed by atoms with E-state index >= 15 is 0 Å². The van der Waals surface area contributed by atoms with Crippen molar-refractivity contribution in [2.45, 2.75) is 31.9 Å². The third kappa shape index (κ3) is 2.91. The lowest BCUT2D eigenvalue weighted by Crippen LogP contribution is -2.31. The van der Waals surface area contributed by atoms with Gasteiger partial charge in [-0.2, -0.15) is 0 Å². The minimum absolute atomic E-state index is 0.239. The second-order valence-electron chi connectivity index (χ2n) is 5.14. The van der Waals surface area contributed by atoms with Crippen LogP contribution in [0.2, 0.25) is 0 Å². The Kier molecular flexibility index (Phi) is 5.26. The van der Waals surface area contributed by atoms with Gasteiger partial charge in [0.15, 0.2) is 0 Å². The van der Waals surface area contributed by atoms with Gasteiger partial charge in [-0.3, -0.25) is 0 Å². The molecule has 0 aliphatic carbocycles. The van der Waals surface area contributed by atoms with Gasteiger partial charge in [0.1, 0.15) is 11.5 Å². The van der Waals surface area contributed by atoms with E-state index in [4.69, 9.17) is 14.2 Å². The van der Waals surface area contributed by atoms with E-state index in [9.17, 15) is 0 Å². The minimum Gasteiger partial charge on any atom is -0.497 e. The zero-order chi connectivity index (χ0) is 14.5. The van der Waals surface area contributed by atoms with Crippen molar-refractivity contribution >= 4 is 0 Å². The molecule has 112 valence electrons. The van der Waals surface area contributed by atoms with Gasteiger partial charge in [-0.25, -0.2) is 0 Å². The van der Waals surface area contributed by atoms with Gasteiger partial charge >= 0.3 is 0 Å². The van der Waals surface area contributed by atoms with Crippen LogP contribution in [-0.4, -0.2) is 34.0 Å². The van der Waals surface area contributed by atoms with Crippen LogP contribution in [0.1, 0.15) is 31.4 Å². The summed E-state index contributed by atoms with van der Waals surface area (Å²) in [6.45, 7) is 3.03. The van der Waals surface area contributed by atoms with Crippen LogP contribution in [0, 0.1) is 5.92 Å². The highest BCUT2D eigenvalue weighted by atomic mass is 16.5. The first kappa shape index (κ1) is 15.1. The molecule has 20 heavy (non-hydrogen) atoms. The van der Waals surface area contributed by atoms with Crippen LogP contribution in [0.25, 0.3) is 0 Å². The SMILES string of the molecule is CCC1OCCC1C(NC)c1ccc(OC)cc1OC. The zero-order valence-corrected chi connectivity index (χ0v) is 12.8. The molecular formula is C16H25NO3. The average Bonchev–Trinajstić information content (AvgIpc) is 2.96. The molecule has 1 saturated heterocycles. The lowest BCUT2D eigenvalue weighted by atomic mass is 9.86. The molecule has 4 heteroatoms. The Morgan fingerprint density at radius 1 is 1.35 bits per heavy atom. The molecule has 0 saturated carbocycles. The van der Waals surface area contributed by atoms with E-state index in [0.29, 0.717) is 12.0 Å². The van der Waals surface area contributed by atoms with Crippen molar-refractivity contribution < 1.29 is 14.2 Å².